The van der Waals surface area contributed by atoms with Gasteiger partial charge in [0.05, 0.1) is 10.6 Å². The Hall–Kier alpha value is -3.36. The predicted molar refractivity (Wildman–Crippen MR) is 128 cm³/mol. The molecule has 0 bridgehead atoms. The van der Waals surface area contributed by atoms with E-state index < -0.39 is 16.0 Å². The molecule has 7 nitrogen and oxygen atoms in total. The second-order valence-electron chi connectivity index (χ2n) is 7.68. The maximum absolute atomic E-state index is 12.6. The number of aryl methyl sites for hydroxylation is 2. The summed E-state index contributed by atoms with van der Waals surface area (Å²) < 4.78 is 30.5. The van der Waals surface area contributed by atoms with Crippen LogP contribution in [-0.2, 0) is 10.1 Å². The van der Waals surface area contributed by atoms with Crippen molar-refractivity contribution in [2.45, 2.75) is 18.7 Å². The van der Waals surface area contributed by atoms with Crippen LogP contribution >= 0.6 is 11.6 Å². The van der Waals surface area contributed by atoms with Crippen molar-refractivity contribution in [1.82, 2.24) is 4.90 Å². The standard InChI is InChI=1S/C24H23ClN2O5S/c1-15-5-6-16(2)22(13-15)33(30,31)32-19-10-7-17(8-11-19)23(28)26-18-9-12-20(21(25)14-18)24(29)27(3)4/h5-14H,1-4H3,(H,26,28). The molecule has 1 N–H and O–H groups in total. The number of rotatable bonds is 6. The van der Waals surface area contributed by atoms with Gasteiger partial charge in [-0.05, 0) is 73.5 Å². The lowest BCUT2D eigenvalue weighted by Crippen LogP contribution is -2.22. The van der Waals surface area contributed by atoms with Gasteiger partial charge in [-0.25, -0.2) is 0 Å². The van der Waals surface area contributed by atoms with Crippen molar-refractivity contribution in [2.75, 3.05) is 19.4 Å². The minimum Gasteiger partial charge on any atom is -0.379 e. The minimum atomic E-state index is -4.02. The van der Waals surface area contributed by atoms with Crippen molar-refractivity contribution < 1.29 is 22.2 Å². The fourth-order valence-corrected chi connectivity index (χ4v) is 4.53. The monoisotopic (exact) mass is 486 g/mol. The van der Waals surface area contributed by atoms with E-state index in [1.165, 1.54) is 41.3 Å². The van der Waals surface area contributed by atoms with Crippen LogP contribution in [0.25, 0.3) is 0 Å². The number of nitrogens with one attached hydrogen (secondary N) is 1. The van der Waals surface area contributed by atoms with Crippen LogP contribution in [0.2, 0.25) is 5.02 Å². The highest BCUT2D eigenvalue weighted by atomic mass is 35.5. The summed E-state index contributed by atoms with van der Waals surface area (Å²) >= 11 is 6.18. The van der Waals surface area contributed by atoms with Crippen molar-refractivity contribution in [3.8, 4) is 5.75 Å². The van der Waals surface area contributed by atoms with Gasteiger partial charge in [0.1, 0.15) is 10.6 Å². The van der Waals surface area contributed by atoms with Crippen LogP contribution in [0.15, 0.2) is 65.6 Å². The molecule has 0 unspecified atom stereocenters. The fraction of sp³-hybridized carbons (Fsp3) is 0.167. The smallest absolute Gasteiger partial charge is 0.339 e. The maximum Gasteiger partial charge on any atom is 0.339 e. The van der Waals surface area contributed by atoms with Crippen LogP contribution < -0.4 is 9.50 Å². The molecule has 0 aliphatic rings. The average molecular weight is 487 g/mol. The molecule has 0 spiro atoms. The molecule has 0 heterocycles. The third kappa shape index (κ3) is 5.71. The van der Waals surface area contributed by atoms with Gasteiger partial charge in [0.2, 0.25) is 0 Å². The van der Waals surface area contributed by atoms with Crippen LogP contribution in [0.5, 0.6) is 5.75 Å². The van der Waals surface area contributed by atoms with Crippen molar-refractivity contribution in [1.29, 1.82) is 0 Å². The third-order valence-electron chi connectivity index (χ3n) is 4.80. The van der Waals surface area contributed by atoms with Crippen molar-refractivity contribution >= 4 is 39.2 Å². The minimum absolute atomic E-state index is 0.0852. The molecule has 3 rings (SSSR count). The normalized spacial score (nSPS) is 11.1. The van der Waals surface area contributed by atoms with Gasteiger partial charge in [0, 0.05) is 25.3 Å². The van der Waals surface area contributed by atoms with Gasteiger partial charge in [-0.15, -0.1) is 0 Å². The summed E-state index contributed by atoms with van der Waals surface area (Å²) in [5.41, 5.74) is 2.41. The molecule has 3 aromatic carbocycles. The van der Waals surface area contributed by atoms with E-state index in [4.69, 9.17) is 15.8 Å². The average Bonchev–Trinajstić information content (AvgIpc) is 2.75. The highest BCUT2D eigenvalue weighted by molar-refractivity contribution is 7.87. The molecular formula is C24H23ClN2O5S. The number of anilines is 1. The van der Waals surface area contributed by atoms with Gasteiger partial charge in [-0.2, -0.15) is 8.42 Å². The molecule has 0 aromatic heterocycles. The topological polar surface area (TPSA) is 92.8 Å². The van der Waals surface area contributed by atoms with Crippen LogP contribution in [0.3, 0.4) is 0 Å². The van der Waals surface area contributed by atoms with Gasteiger partial charge in [-0.1, -0.05) is 23.7 Å². The molecule has 0 saturated carbocycles. The number of amides is 2. The molecule has 0 radical (unpaired) electrons. The van der Waals surface area contributed by atoms with Crippen LogP contribution in [-0.4, -0.2) is 39.2 Å². The first-order valence-corrected chi connectivity index (χ1v) is 11.7. The summed E-state index contributed by atoms with van der Waals surface area (Å²) in [6.45, 7) is 3.49. The van der Waals surface area contributed by atoms with Crippen LogP contribution in [0.4, 0.5) is 5.69 Å². The molecule has 2 amide bonds. The summed E-state index contributed by atoms with van der Waals surface area (Å²) in [5, 5.41) is 2.91. The zero-order valence-corrected chi connectivity index (χ0v) is 20.1. The molecule has 172 valence electrons. The predicted octanol–water partition coefficient (Wildman–Crippen LogP) is 4.68. The summed E-state index contributed by atoms with van der Waals surface area (Å²) in [6.07, 6.45) is 0. The SMILES string of the molecule is Cc1ccc(C)c(S(=O)(=O)Oc2ccc(C(=O)Nc3ccc(C(=O)N(C)C)c(Cl)c3)cc2)c1. The number of benzene rings is 3. The summed E-state index contributed by atoms with van der Waals surface area (Å²) in [6, 6.07) is 15.4. The summed E-state index contributed by atoms with van der Waals surface area (Å²) in [4.78, 5) is 26.1. The second-order valence-corrected chi connectivity index (χ2v) is 9.60. The lowest BCUT2D eigenvalue weighted by molar-refractivity contribution is 0.0827. The Kier molecular flexibility index (Phi) is 7.09. The number of carbonyl (C=O) groups is 2. The zero-order chi connectivity index (χ0) is 24.3. The maximum atomic E-state index is 12.6. The molecule has 0 aliphatic carbocycles. The van der Waals surface area contributed by atoms with Crippen molar-refractivity contribution in [3.63, 3.8) is 0 Å². The Morgan fingerprint density at radius 1 is 0.939 bits per heavy atom. The third-order valence-corrected chi connectivity index (χ3v) is 6.50. The Morgan fingerprint density at radius 2 is 1.61 bits per heavy atom. The van der Waals surface area contributed by atoms with Gasteiger partial charge >= 0.3 is 10.1 Å². The second kappa shape index (κ2) is 9.64. The molecule has 0 aliphatic heterocycles. The first-order chi connectivity index (χ1) is 15.5. The quantitative estimate of drug-likeness (QED) is 0.511. The molecule has 0 atom stereocenters. The molecule has 0 fully saturated rings. The number of halogens is 1. The van der Waals surface area contributed by atoms with Gasteiger partial charge in [0.15, 0.2) is 0 Å². The lowest BCUT2D eigenvalue weighted by Gasteiger charge is -2.13. The molecular weight excluding hydrogens is 464 g/mol. The van der Waals surface area contributed by atoms with Gasteiger partial charge in [0.25, 0.3) is 11.8 Å². The van der Waals surface area contributed by atoms with E-state index >= 15 is 0 Å². The number of hydrogen-bond acceptors (Lipinski definition) is 5. The highest BCUT2D eigenvalue weighted by Gasteiger charge is 2.20. The van der Waals surface area contributed by atoms with Crippen LogP contribution in [0, 0.1) is 13.8 Å². The van der Waals surface area contributed by atoms with E-state index in [1.807, 2.05) is 6.07 Å². The van der Waals surface area contributed by atoms with Crippen LogP contribution in [0.1, 0.15) is 31.8 Å². The Balaban J connectivity index is 1.72. The fourth-order valence-electron chi connectivity index (χ4n) is 3.02. The molecule has 0 saturated heterocycles. The van der Waals surface area contributed by atoms with E-state index in [0.717, 1.165) is 5.56 Å². The Labute approximate surface area is 198 Å². The van der Waals surface area contributed by atoms with E-state index in [9.17, 15) is 18.0 Å². The number of hydrogen-bond donors (Lipinski definition) is 1. The number of carbonyl (C=O) groups excluding carboxylic acids is 2. The first-order valence-electron chi connectivity index (χ1n) is 9.92. The van der Waals surface area contributed by atoms with E-state index in [0.29, 0.717) is 16.8 Å². The van der Waals surface area contributed by atoms with Crippen molar-refractivity contribution in [3.05, 3.63) is 87.9 Å². The summed E-state index contributed by atoms with van der Waals surface area (Å²) in [5.74, 6) is -0.590. The van der Waals surface area contributed by atoms with E-state index in [2.05, 4.69) is 5.32 Å². The lowest BCUT2D eigenvalue weighted by atomic mass is 10.1. The van der Waals surface area contributed by atoms with Crippen molar-refractivity contribution in [2.24, 2.45) is 0 Å². The Morgan fingerprint density at radius 3 is 2.21 bits per heavy atom. The molecule has 3 aromatic rings. The molecule has 33 heavy (non-hydrogen) atoms. The van der Waals surface area contributed by atoms with E-state index in [-0.39, 0.29) is 27.1 Å². The van der Waals surface area contributed by atoms with Gasteiger partial charge < -0.3 is 14.4 Å². The highest BCUT2D eigenvalue weighted by Crippen LogP contribution is 2.24. The first kappa shape index (κ1) is 24.3. The molecule has 9 heteroatoms. The van der Waals surface area contributed by atoms with E-state index in [1.54, 1.807) is 46.1 Å². The summed E-state index contributed by atoms with van der Waals surface area (Å²) in [7, 11) is -0.776. The number of nitrogens with zero attached hydrogens (tertiary/aromatic N) is 1. The largest absolute Gasteiger partial charge is 0.379 e. The Bertz CT molecular complexity index is 1320. The van der Waals surface area contributed by atoms with Gasteiger partial charge in [-0.3, -0.25) is 9.59 Å². The zero-order valence-electron chi connectivity index (χ0n) is 18.5.